The first-order valence-electron chi connectivity index (χ1n) is 4.42. The molecule has 16 heavy (non-hydrogen) atoms. The van der Waals surface area contributed by atoms with Crippen LogP contribution in [-0.2, 0) is 0 Å². The molecule has 2 aromatic heterocycles. The molecule has 0 bridgehead atoms. The van der Waals surface area contributed by atoms with E-state index in [2.05, 4.69) is 15.0 Å². The second-order valence-corrected chi connectivity index (χ2v) is 2.95. The molecule has 0 spiro atoms. The molecule has 2 rings (SSSR count). The summed E-state index contributed by atoms with van der Waals surface area (Å²) in [6.45, 7) is 0. The summed E-state index contributed by atoms with van der Waals surface area (Å²) in [5.74, 6) is -1.35. The van der Waals surface area contributed by atoms with Crippen molar-refractivity contribution in [1.29, 1.82) is 0 Å². The molecular weight excluding hydrogens is 211 g/mol. The van der Waals surface area contributed by atoms with Crippen molar-refractivity contribution in [3.05, 3.63) is 42.2 Å². The quantitative estimate of drug-likeness (QED) is 0.807. The van der Waals surface area contributed by atoms with Crippen molar-refractivity contribution in [1.82, 2.24) is 15.0 Å². The second-order valence-electron chi connectivity index (χ2n) is 2.95. The molecule has 0 aliphatic heterocycles. The summed E-state index contributed by atoms with van der Waals surface area (Å²) in [5, 5.41) is 0. The van der Waals surface area contributed by atoms with E-state index in [1.165, 1.54) is 30.7 Å². The Hall–Kier alpha value is -2.37. The van der Waals surface area contributed by atoms with E-state index in [-0.39, 0.29) is 17.1 Å². The molecular formula is C10H7FN4O. The van der Waals surface area contributed by atoms with E-state index in [4.69, 9.17) is 5.73 Å². The zero-order valence-electron chi connectivity index (χ0n) is 8.09. The predicted octanol–water partition coefficient (Wildman–Crippen LogP) is 0.777. The van der Waals surface area contributed by atoms with Gasteiger partial charge >= 0.3 is 0 Å². The predicted molar refractivity (Wildman–Crippen MR) is 53.7 cm³/mol. The van der Waals surface area contributed by atoms with Crippen LogP contribution in [0.25, 0.3) is 11.4 Å². The Labute approximate surface area is 90.2 Å². The lowest BCUT2D eigenvalue weighted by Gasteiger charge is -2.03. The van der Waals surface area contributed by atoms with Crippen LogP contribution in [0, 0.1) is 5.82 Å². The minimum Gasteiger partial charge on any atom is -0.364 e. The first-order chi connectivity index (χ1) is 7.70. The Kier molecular flexibility index (Phi) is 2.55. The molecule has 5 nitrogen and oxygen atoms in total. The van der Waals surface area contributed by atoms with Gasteiger partial charge in [-0.25, -0.2) is 9.37 Å². The van der Waals surface area contributed by atoms with E-state index < -0.39 is 11.7 Å². The van der Waals surface area contributed by atoms with Gasteiger partial charge in [0.15, 0.2) is 11.5 Å². The standard InChI is InChI=1S/C10H7FN4O/c11-6-2-1-3-13-7(6)8-9(10(12)16)15-5-4-14-8/h1-5H,(H2,12,16). The number of nitrogens with zero attached hydrogens (tertiary/aromatic N) is 3. The number of nitrogens with two attached hydrogens (primary N) is 1. The number of rotatable bonds is 2. The van der Waals surface area contributed by atoms with Crippen LogP contribution in [-0.4, -0.2) is 20.9 Å². The number of aromatic nitrogens is 3. The Morgan fingerprint density at radius 3 is 2.50 bits per heavy atom. The summed E-state index contributed by atoms with van der Waals surface area (Å²) < 4.78 is 13.4. The Balaban J connectivity index is 2.65. The molecule has 0 aromatic carbocycles. The number of carbonyl (C=O) groups is 1. The summed E-state index contributed by atoms with van der Waals surface area (Å²) in [4.78, 5) is 22.5. The smallest absolute Gasteiger partial charge is 0.269 e. The van der Waals surface area contributed by atoms with E-state index in [1.807, 2.05) is 0 Å². The van der Waals surface area contributed by atoms with Gasteiger partial charge in [0.2, 0.25) is 0 Å². The van der Waals surface area contributed by atoms with Crippen molar-refractivity contribution in [3.8, 4) is 11.4 Å². The monoisotopic (exact) mass is 218 g/mol. The maximum atomic E-state index is 13.4. The average Bonchev–Trinajstić information content (AvgIpc) is 2.29. The van der Waals surface area contributed by atoms with E-state index in [0.717, 1.165) is 0 Å². The molecule has 0 fully saturated rings. The molecule has 0 atom stereocenters. The highest BCUT2D eigenvalue weighted by Gasteiger charge is 2.16. The van der Waals surface area contributed by atoms with E-state index in [9.17, 15) is 9.18 Å². The van der Waals surface area contributed by atoms with E-state index >= 15 is 0 Å². The molecule has 0 saturated heterocycles. The molecule has 2 heterocycles. The minimum atomic E-state index is -0.770. The average molecular weight is 218 g/mol. The molecule has 0 saturated carbocycles. The highest BCUT2D eigenvalue weighted by atomic mass is 19.1. The molecule has 2 N–H and O–H groups in total. The van der Waals surface area contributed by atoms with Gasteiger partial charge < -0.3 is 5.73 Å². The van der Waals surface area contributed by atoms with Crippen molar-refractivity contribution in [2.45, 2.75) is 0 Å². The lowest BCUT2D eigenvalue weighted by atomic mass is 10.2. The molecule has 0 unspecified atom stereocenters. The summed E-state index contributed by atoms with van der Waals surface area (Å²) in [6, 6.07) is 2.67. The summed E-state index contributed by atoms with van der Waals surface area (Å²) in [6.07, 6.45) is 4.05. The van der Waals surface area contributed by atoms with Gasteiger partial charge in [-0.05, 0) is 12.1 Å². The Morgan fingerprint density at radius 1 is 1.12 bits per heavy atom. The number of pyridine rings is 1. The fourth-order valence-corrected chi connectivity index (χ4v) is 1.25. The molecule has 0 radical (unpaired) electrons. The van der Waals surface area contributed by atoms with Gasteiger partial charge in [-0.2, -0.15) is 0 Å². The van der Waals surface area contributed by atoms with Crippen LogP contribution in [0.4, 0.5) is 4.39 Å². The summed E-state index contributed by atoms with van der Waals surface area (Å²) in [7, 11) is 0. The number of carbonyl (C=O) groups excluding carboxylic acids is 1. The van der Waals surface area contributed by atoms with E-state index in [0.29, 0.717) is 0 Å². The molecule has 80 valence electrons. The highest BCUT2D eigenvalue weighted by Crippen LogP contribution is 2.19. The van der Waals surface area contributed by atoms with Gasteiger partial charge in [-0.1, -0.05) is 0 Å². The van der Waals surface area contributed by atoms with Gasteiger partial charge in [0.25, 0.3) is 5.91 Å². The summed E-state index contributed by atoms with van der Waals surface area (Å²) in [5.41, 5.74) is 5.02. The first kappa shape index (κ1) is 10.2. The van der Waals surface area contributed by atoms with Crippen molar-refractivity contribution < 1.29 is 9.18 Å². The third-order valence-electron chi connectivity index (χ3n) is 1.91. The largest absolute Gasteiger partial charge is 0.364 e. The number of halogens is 1. The van der Waals surface area contributed by atoms with Crippen LogP contribution >= 0.6 is 0 Å². The molecule has 1 amide bonds. The molecule has 2 aromatic rings. The van der Waals surface area contributed by atoms with Crippen molar-refractivity contribution in [2.24, 2.45) is 5.73 Å². The second kappa shape index (κ2) is 4.01. The minimum absolute atomic E-state index is 0.0376. The van der Waals surface area contributed by atoms with Gasteiger partial charge in [0.05, 0.1) is 0 Å². The van der Waals surface area contributed by atoms with Gasteiger partial charge in [-0.3, -0.25) is 14.8 Å². The van der Waals surface area contributed by atoms with Crippen LogP contribution in [0.2, 0.25) is 0 Å². The van der Waals surface area contributed by atoms with Gasteiger partial charge in [0.1, 0.15) is 11.4 Å². The fraction of sp³-hybridized carbons (Fsp3) is 0. The van der Waals surface area contributed by atoms with Crippen molar-refractivity contribution in [3.63, 3.8) is 0 Å². The van der Waals surface area contributed by atoms with Crippen molar-refractivity contribution >= 4 is 5.91 Å². The molecule has 0 aliphatic carbocycles. The Morgan fingerprint density at radius 2 is 1.81 bits per heavy atom. The zero-order valence-corrected chi connectivity index (χ0v) is 8.09. The van der Waals surface area contributed by atoms with E-state index in [1.54, 1.807) is 0 Å². The van der Waals surface area contributed by atoms with Gasteiger partial charge in [0, 0.05) is 18.6 Å². The SMILES string of the molecule is NC(=O)c1nccnc1-c1ncccc1F. The Bertz CT molecular complexity index is 544. The van der Waals surface area contributed by atoms with Crippen LogP contribution < -0.4 is 5.73 Å². The molecule has 6 heteroatoms. The van der Waals surface area contributed by atoms with Crippen LogP contribution in [0.1, 0.15) is 10.5 Å². The lowest BCUT2D eigenvalue weighted by Crippen LogP contribution is -2.15. The first-order valence-corrected chi connectivity index (χ1v) is 4.42. The number of hydrogen-bond acceptors (Lipinski definition) is 4. The fourth-order valence-electron chi connectivity index (χ4n) is 1.25. The topological polar surface area (TPSA) is 81.8 Å². The normalized spacial score (nSPS) is 10.1. The van der Waals surface area contributed by atoms with Crippen molar-refractivity contribution in [2.75, 3.05) is 0 Å². The maximum absolute atomic E-state index is 13.4. The summed E-state index contributed by atoms with van der Waals surface area (Å²) >= 11 is 0. The number of amides is 1. The maximum Gasteiger partial charge on any atom is 0.269 e. The zero-order chi connectivity index (χ0) is 11.5. The number of primary amides is 1. The number of hydrogen-bond donors (Lipinski definition) is 1. The van der Waals surface area contributed by atoms with Crippen LogP contribution in [0.3, 0.4) is 0 Å². The van der Waals surface area contributed by atoms with Crippen LogP contribution in [0.5, 0.6) is 0 Å². The third kappa shape index (κ3) is 1.72. The van der Waals surface area contributed by atoms with Crippen LogP contribution in [0.15, 0.2) is 30.7 Å². The molecule has 0 aliphatic rings. The lowest BCUT2D eigenvalue weighted by molar-refractivity contribution is 0.0996. The third-order valence-corrected chi connectivity index (χ3v) is 1.91. The highest BCUT2D eigenvalue weighted by molar-refractivity contribution is 5.96. The van der Waals surface area contributed by atoms with Gasteiger partial charge in [-0.15, -0.1) is 0 Å².